The van der Waals surface area contributed by atoms with E-state index in [-0.39, 0.29) is 23.9 Å². The number of rotatable bonds is 7. The summed E-state index contributed by atoms with van der Waals surface area (Å²) in [6.45, 7) is 12.3. The average molecular weight is 346 g/mol. The molecular weight excluding hydrogens is 310 g/mol. The van der Waals surface area contributed by atoms with E-state index in [2.05, 4.69) is 49.1 Å². The van der Waals surface area contributed by atoms with Crippen molar-refractivity contribution in [2.24, 2.45) is 17.6 Å². The highest BCUT2D eigenvalue weighted by Crippen LogP contribution is 2.22. The second kappa shape index (κ2) is 9.35. The van der Waals surface area contributed by atoms with E-state index in [1.165, 1.54) is 5.56 Å². The molecule has 1 saturated heterocycles. The smallest absolute Gasteiger partial charge is 0.239 e. The summed E-state index contributed by atoms with van der Waals surface area (Å²) in [4.78, 5) is 17.2. The Morgan fingerprint density at radius 3 is 2.28 bits per heavy atom. The van der Waals surface area contributed by atoms with Crippen LogP contribution < -0.4 is 5.73 Å². The number of hydrogen-bond acceptors (Lipinski definition) is 3. The maximum atomic E-state index is 12.7. The Morgan fingerprint density at radius 2 is 1.76 bits per heavy atom. The van der Waals surface area contributed by atoms with Gasteiger partial charge in [-0.05, 0) is 57.2 Å². The number of hydrogen-bond donors (Lipinski definition) is 1. The van der Waals surface area contributed by atoms with Crippen LogP contribution in [0.5, 0.6) is 0 Å². The topological polar surface area (TPSA) is 49.6 Å². The maximum absolute atomic E-state index is 12.7. The minimum Gasteiger partial charge on any atom is -0.339 e. The van der Waals surface area contributed by atoms with Gasteiger partial charge in [0.1, 0.15) is 0 Å². The van der Waals surface area contributed by atoms with Crippen LogP contribution in [0.4, 0.5) is 0 Å². The molecule has 0 aromatic heterocycles. The summed E-state index contributed by atoms with van der Waals surface area (Å²) in [6, 6.07) is 10.5. The third kappa shape index (κ3) is 5.82. The number of piperidine rings is 1. The molecule has 2 rings (SSSR count). The summed E-state index contributed by atoms with van der Waals surface area (Å²) in [5.41, 5.74) is 7.49. The van der Waals surface area contributed by atoms with Crippen LogP contribution in [0.3, 0.4) is 0 Å². The van der Waals surface area contributed by atoms with E-state index < -0.39 is 0 Å². The first kappa shape index (κ1) is 19.9. The van der Waals surface area contributed by atoms with E-state index in [4.69, 9.17) is 5.73 Å². The Balaban J connectivity index is 1.85. The molecule has 25 heavy (non-hydrogen) atoms. The number of nitrogens with two attached hydrogens (primary N) is 1. The number of amides is 1. The molecule has 1 heterocycles. The van der Waals surface area contributed by atoms with Gasteiger partial charge in [-0.1, -0.05) is 44.2 Å². The molecule has 1 amide bonds. The second-order valence-corrected chi connectivity index (χ2v) is 8.06. The van der Waals surface area contributed by atoms with Crippen LogP contribution in [0.2, 0.25) is 0 Å². The standard InChI is InChI=1S/C21H35N3O/c1-16(2)20(22)21(25)24(17(3)4)15-19-10-12-23(13-11-19)14-18-8-6-5-7-9-18/h5-9,16-17,19-20H,10-15,22H2,1-4H3. The zero-order valence-corrected chi connectivity index (χ0v) is 16.3. The quantitative estimate of drug-likeness (QED) is 0.826. The predicted octanol–water partition coefficient (Wildman–Crippen LogP) is 3.12. The highest BCUT2D eigenvalue weighted by Gasteiger charge is 2.29. The molecule has 0 spiro atoms. The molecule has 1 unspecified atom stereocenters. The van der Waals surface area contributed by atoms with Crippen LogP contribution >= 0.6 is 0 Å². The second-order valence-electron chi connectivity index (χ2n) is 8.06. The van der Waals surface area contributed by atoms with Crippen LogP contribution in [-0.4, -0.2) is 47.4 Å². The van der Waals surface area contributed by atoms with Gasteiger partial charge in [-0.3, -0.25) is 9.69 Å². The summed E-state index contributed by atoms with van der Waals surface area (Å²) in [5.74, 6) is 0.871. The van der Waals surface area contributed by atoms with Gasteiger partial charge in [0.2, 0.25) is 5.91 Å². The molecule has 4 heteroatoms. The number of benzene rings is 1. The largest absolute Gasteiger partial charge is 0.339 e. The van der Waals surface area contributed by atoms with Gasteiger partial charge in [0, 0.05) is 19.1 Å². The molecule has 0 bridgehead atoms. The molecule has 140 valence electrons. The minimum absolute atomic E-state index is 0.108. The zero-order chi connectivity index (χ0) is 18.4. The first-order valence-electron chi connectivity index (χ1n) is 9.70. The molecule has 1 aliphatic heterocycles. The first-order chi connectivity index (χ1) is 11.9. The fourth-order valence-electron chi connectivity index (χ4n) is 3.48. The monoisotopic (exact) mass is 345 g/mol. The van der Waals surface area contributed by atoms with Gasteiger partial charge in [-0.15, -0.1) is 0 Å². The molecule has 0 saturated carbocycles. The zero-order valence-electron chi connectivity index (χ0n) is 16.3. The van der Waals surface area contributed by atoms with E-state index in [0.717, 1.165) is 39.0 Å². The molecule has 1 atom stereocenters. The third-order valence-electron chi connectivity index (χ3n) is 5.32. The lowest BCUT2D eigenvalue weighted by Crippen LogP contribution is -2.51. The van der Waals surface area contributed by atoms with Crippen molar-refractivity contribution in [1.82, 2.24) is 9.80 Å². The van der Waals surface area contributed by atoms with Crippen molar-refractivity contribution in [3.05, 3.63) is 35.9 Å². The number of carbonyl (C=O) groups is 1. The summed E-state index contributed by atoms with van der Waals surface area (Å²) >= 11 is 0. The van der Waals surface area contributed by atoms with Crippen molar-refractivity contribution in [2.45, 2.75) is 59.2 Å². The normalized spacial score (nSPS) is 17.9. The lowest BCUT2D eigenvalue weighted by Gasteiger charge is -2.37. The van der Waals surface area contributed by atoms with Crippen molar-refractivity contribution >= 4 is 5.91 Å². The van der Waals surface area contributed by atoms with Gasteiger partial charge in [-0.25, -0.2) is 0 Å². The van der Waals surface area contributed by atoms with Gasteiger partial charge in [0.05, 0.1) is 6.04 Å². The van der Waals surface area contributed by atoms with E-state index in [1.54, 1.807) is 0 Å². The molecule has 1 aliphatic rings. The molecule has 1 aromatic carbocycles. The van der Waals surface area contributed by atoms with Crippen LogP contribution in [0.25, 0.3) is 0 Å². The SMILES string of the molecule is CC(C)C(N)C(=O)N(CC1CCN(Cc2ccccc2)CC1)C(C)C. The fraction of sp³-hybridized carbons (Fsp3) is 0.667. The molecule has 0 aliphatic carbocycles. The Labute approximate surface area is 153 Å². The summed E-state index contributed by atoms with van der Waals surface area (Å²) < 4.78 is 0. The van der Waals surface area contributed by atoms with Crippen molar-refractivity contribution in [2.75, 3.05) is 19.6 Å². The summed E-state index contributed by atoms with van der Waals surface area (Å²) in [7, 11) is 0. The van der Waals surface area contributed by atoms with Crippen molar-refractivity contribution in [3.63, 3.8) is 0 Å². The predicted molar refractivity (Wildman–Crippen MR) is 104 cm³/mol. The highest BCUT2D eigenvalue weighted by atomic mass is 16.2. The first-order valence-corrected chi connectivity index (χ1v) is 9.70. The fourth-order valence-corrected chi connectivity index (χ4v) is 3.48. The highest BCUT2D eigenvalue weighted by molar-refractivity contribution is 5.82. The summed E-state index contributed by atoms with van der Waals surface area (Å²) in [5, 5.41) is 0. The van der Waals surface area contributed by atoms with Gasteiger partial charge in [0.25, 0.3) is 0 Å². The Bertz CT molecular complexity index is 521. The van der Waals surface area contributed by atoms with Gasteiger partial charge in [-0.2, -0.15) is 0 Å². The maximum Gasteiger partial charge on any atom is 0.239 e. The van der Waals surface area contributed by atoms with Crippen LogP contribution in [0, 0.1) is 11.8 Å². The Hall–Kier alpha value is -1.39. The Kier molecular flexibility index (Phi) is 7.45. The van der Waals surface area contributed by atoms with E-state index >= 15 is 0 Å². The lowest BCUT2D eigenvalue weighted by molar-refractivity contribution is -0.136. The Morgan fingerprint density at radius 1 is 1.16 bits per heavy atom. The van der Waals surface area contributed by atoms with Crippen LogP contribution in [0.1, 0.15) is 46.1 Å². The van der Waals surface area contributed by atoms with Crippen molar-refractivity contribution in [3.8, 4) is 0 Å². The van der Waals surface area contributed by atoms with Gasteiger partial charge in [0.15, 0.2) is 0 Å². The average Bonchev–Trinajstić information content (AvgIpc) is 2.60. The number of carbonyl (C=O) groups excluding carboxylic acids is 1. The minimum atomic E-state index is -0.388. The molecule has 4 nitrogen and oxygen atoms in total. The number of nitrogens with zero attached hydrogens (tertiary/aromatic N) is 2. The third-order valence-corrected chi connectivity index (χ3v) is 5.32. The lowest BCUT2D eigenvalue weighted by atomic mass is 9.94. The number of likely N-dealkylation sites (tertiary alicyclic amines) is 1. The van der Waals surface area contributed by atoms with E-state index in [1.807, 2.05) is 18.7 Å². The van der Waals surface area contributed by atoms with E-state index in [9.17, 15) is 4.79 Å². The molecule has 1 aromatic rings. The van der Waals surface area contributed by atoms with Crippen LogP contribution in [-0.2, 0) is 11.3 Å². The molecular formula is C21H35N3O. The van der Waals surface area contributed by atoms with Crippen molar-refractivity contribution in [1.29, 1.82) is 0 Å². The van der Waals surface area contributed by atoms with E-state index in [0.29, 0.717) is 5.92 Å². The molecule has 0 radical (unpaired) electrons. The van der Waals surface area contributed by atoms with Crippen LogP contribution in [0.15, 0.2) is 30.3 Å². The van der Waals surface area contributed by atoms with Crippen molar-refractivity contribution < 1.29 is 4.79 Å². The molecule has 1 fully saturated rings. The molecule has 2 N–H and O–H groups in total. The summed E-state index contributed by atoms with van der Waals surface area (Å²) in [6.07, 6.45) is 2.31. The van der Waals surface area contributed by atoms with Gasteiger partial charge >= 0.3 is 0 Å². The van der Waals surface area contributed by atoms with Gasteiger partial charge < -0.3 is 10.6 Å².